The van der Waals surface area contributed by atoms with Crippen LogP contribution in [-0.4, -0.2) is 28.8 Å². The molecule has 3 rings (SSSR count). The first-order valence-corrected chi connectivity index (χ1v) is 8.12. The second kappa shape index (κ2) is 8.10. The second-order valence-electron chi connectivity index (χ2n) is 5.42. The number of carbonyl (C=O) groups excluding carboxylic acids is 1. The highest BCUT2D eigenvalue weighted by Crippen LogP contribution is 2.20. The molecule has 1 atom stereocenters. The second-order valence-corrected chi connectivity index (χ2v) is 5.42. The fourth-order valence-electron chi connectivity index (χ4n) is 2.41. The van der Waals surface area contributed by atoms with Crippen LogP contribution in [0.2, 0.25) is 0 Å². The average Bonchev–Trinajstić information content (AvgIpc) is 3.12. The summed E-state index contributed by atoms with van der Waals surface area (Å²) in [5.41, 5.74) is 1.83. The zero-order valence-electron chi connectivity index (χ0n) is 13.9. The largest absolute Gasteiger partial charge is 0.464 e. The van der Waals surface area contributed by atoms with E-state index in [1.165, 1.54) is 0 Å². The predicted octanol–water partition coefficient (Wildman–Crippen LogP) is 3.32. The number of carbonyl (C=O) groups is 1. The highest BCUT2D eigenvalue weighted by atomic mass is 16.5. The smallest absolute Gasteiger partial charge is 0.329 e. The lowest BCUT2D eigenvalue weighted by Gasteiger charge is -2.15. The maximum atomic E-state index is 12.3. The van der Waals surface area contributed by atoms with Gasteiger partial charge in [-0.25, -0.2) is 4.79 Å². The Kier molecular flexibility index (Phi) is 5.41. The zero-order chi connectivity index (χ0) is 17.5. The first-order valence-electron chi connectivity index (χ1n) is 8.12. The van der Waals surface area contributed by atoms with Gasteiger partial charge in [0, 0.05) is 12.0 Å². The molecule has 0 bridgehead atoms. The minimum absolute atomic E-state index is 0.188. The summed E-state index contributed by atoms with van der Waals surface area (Å²) in [5, 5.41) is 11.0. The third-order valence-corrected chi connectivity index (χ3v) is 3.60. The van der Waals surface area contributed by atoms with Gasteiger partial charge in [0.05, 0.1) is 6.61 Å². The van der Waals surface area contributed by atoms with Crippen molar-refractivity contribution in [2.75, 3.05) is 11.9 Å². The van der Waals surface area contributed by atoms with Crippen molar-refractivity contribution in [1.82, 2.24) is 10.2 Å². The number of hydrogen-bond donors (Lipinski definition) is 1. The molecule has 0 amide bonds. The normalized spacial score (nSPS) is 11.7. The highest BCUT2D eigenvalue weighted by molar-refractivity contribution is 5.79. The molecule has 2 aromatic carbocycles. The van der Waals surface area contributed by atoms with Crippen molar-refractivity contribution in [2.45, 2.75) is 19.4 Å². The van der Waals surface area contributed by atoms with E-state index >= 15 is 0 Å². The Morgan fingerprint density at radius 3 is 2.44 bits per heavy atom. The van der Waals surface area contributed by atoms with Gasteiger partial charge in [-0.1, -0.05) is 53.6 Å². The van der Waals surface area contributed by atoms with E-state index in [1.54, 1.807) is 6.92 Å². The van der Waals surface area contributed by atoms with E-state index in [0.29, 0.717) is 18.9 Å². The highest BCUT2D eigenvalue weighted by Gasteiger charge is 2.22. The van der Waals surface area contributed by atoms with Crippen LogP contribution < -0.4 is 5.32 Å². The minimum atomic E-state index is -0.605. The molecule has 0 aliphatic heterocycles. The fraction of sp³-hybridized carbons (Fsp3) is 0.211. The van der Waals surface area contributed by atoms with Crippen LogP contribution in [0, 0.1) is 0 Å². The molecule has 0 unspecified atom stereocenters. The summed E-state index contributed by atoms with van der Waals surface area (Å²) in [5.74, 6) is 0.0382. The number of anilines is 1. The summed E-state index contributed by atoms with van der Waals surface area (Å²) in [7, 11) is 0. The fourth-order valence-corrected chi connectivity index (χ4v) is 2.41. The van der Waals surface area contributed by atoms with Crippen molar-refractivity contribution in [1.29, 1.82) is 0 Å². The van der Waals surface area contributed by atoms with Crippen molar-refractivity contribution < 1.29 is 13.9 Å². The molecule has 6 heteroatoms. The van der Waals surface area contributed by atoms with E-state index < -0.39 is 6.04 Å². The van der Waals surface area contributed by atoms with Crippen LogP contribution in [0.25, 0.3) is 11.5 Å². The Morgan fingerprint density at radius 1 is 1.08 bits per heavy atom. The average molecular weight is 337 g/mol. The summed E-state index contributed by atoms with van der Waals surface area (Å²) in [6.45, 7) is 2.09. The lowest BCUT2D eigenvalue weighted by molar-refractivity contribution is -0.144. The molecule has 0 spiro atoms. The third kappa shape index (κ3) is 4.44. The molecule has 25 heavy (non-hydrogen) atoms. The summed E-state index contributed by atoms with van der Waals surface area (Å²) < 4.78 is 10.8. The molecule has 0 aliphatic carbocycles. The Bertz CT molecular complexity index is 803. The van der Waals surface area contributed by atoms with E-state index in [2.05, 4.69) is 15.5 Å². The molecule has 1 aromatic heterocycles. The number of esters is 1. The molecular formula is C19H19N3O3. The Labute approximate surface area is 145 Å². The third-order valence-electron chi connectivity index (χ3n) is 3.60. The maximum absolute atomic E-state index is 12.3. The molecule has 0 saturated carbocycles. The Balaban J connectivity index is 1.76. The van der Waals surface area contributed by atoms with Gasteiger partial charge in [-0.05, 0) is 24.6 Å². The molecule has 0 radical (unpaired) electrons. The number of hydrogen-bond acceptors (Lipinski definition) is 6. The van der Waals surface area contributed by atoms with E-state index in [-0.39, 0.29) is 12.0 Å². The number of nitrogens with one attached hydrogen (secondary N) is 1. The van der Waals surface area contributed by atoms with Gasteiger partial charge >= 0.3 is 12.0 Å². The van der Waals surface area contributed by atoms with Crippen molar-refractivity contribution in [3.63, 3.8) is 0 Å². The Morgan fingerprint density at radius 2 is 1.76 bits per heavy atom. The van der Waals surface area contributed by atoms with E-state index in [0.717, 1.165) is 11.1 Å². The number of ether oxygens (including phenoxy) is 1. The van der Waals surface area contributed by atoms with Crippen LogP contribution in [0.15, 0.2) is 65.1 Å². The van der Waals surface area contributed by atoms with Gasteiger partial charge in [-0.3, -0.25) is 0 Å². The molecule has 1 heterocycles. The van der Waals surface area contributed by atoms with E-state index in [4.69, 9.17) is 9.15 Å². The van der Waals surface area contributed by atoms with E-state index in [1.807, 2.05) is 60.7 Å². The van der Waals surface area contributed by atoms with Crippen molar-refractivity contribution in [3.05, 3.63) is 66.2 Å². The van der Waals surface area contributed by atoms with Gasteiger partial charge in [-0.2, -0.15) is 0 Å². The van der Waals surface area contributed by atoms with Gasteiger partial charge in [0.2, 0.25) is 5.89 Å². The number of nitrogens with zero attached hydrogens (tertiary/aromatic N) is 2. The van der Waals surface area contributed by atoms with E-state index in [9.17, 15) is 4.79 Å². The van der Waals surface area contributed by atoms with Crippen LogP contribution >= 0.6 is 0 Å². The van der Waals surface area contributed by atoms with Crippen LogP contribution in [0.5, 0.6) is 0 Å². The van der Waals surface area contributed by atoms with Gasteiger partial charge < -0.3 is 14.5 Å². The summed E-state index contributed by atoms with van der Waals surface area (Å²) in [6, 6.07) is 18.7. The number of benzene rings is 2. The van der Waals surface area contributed by atoms with Gasteiger partial charge in [0.15, 0.2) is 0 Å². The zero-order valence-corrected chi connectivity index (χ0v) is 13.9. The van der Waals surface area contributed by atoms with Crippen molar-refractivity contribution in [3.8, 4) is 11.5 Å². The first-order chi connectivity index (χ1) is 12.3. The predicted molar refractivity (Wildman–Crippen MR) is 93.9 cm³/mol. The molecule has 0 saturated heterocycles. The van der Waals surface area contributed by atoms with Crippen LogP contribution in [0.4, 0.5) is 6.01 Å². The summed E-state index contributed by atoms with van der Waals surface area (Å²) in [4.78, 5) is 12.3. The monoisotopic (exact) mass is 337 g/mol. The first kappa shape index (κ1) is 16.7. The lowest BCUT2D eigenvalue weighted by atomic mass is 10.1. The molecule has 0 fully saturated rings. The molecule has 3 aromatic rings. The van der Waals surface area contributed by atoms with Gasteiger partial charge in [0.1, 0.15) is 6.04 Å². The molecule has 128 valence electrons. The van der Waals surface area contributed by atoms with Gasteiger partial charge in [0.25, 0.3) is 0 Å². The minimum Gasteiger partial charge on any atom is -0.464 e. The topological polar surface area (TPSA) is 77.2 Å². The summed E-state index contributed by atoms with van der Waals surface area (Å²) in [6.07, 6.45) is 0.461. The maximum Gasteiger partial charge on any atom is 0.329 e. The SMILES string of the molecule is CCOC(=O)[C@H](Cc1ccccc1)Nc1nnc(-c2ccccc2)o1. The standard InChI is InChI=1S/C19H19N3O3/c1-2-24-18(23)16(13-14-9-5-3-6-10-14)20-19-22-21-17(25-19)15-11-7-4-8-12-15/h3-12,16H,2,13H2,1H3,(H,20,22)/t16-/m0/s1. The number of rotatable bonds is 7. The quantitative estimate of drug-likeness (QED) is 0.666. The van der Waals surface area contributed by atoms with Crippen LogP contribution in [0.1, 0.15) is 12.5 Å². The Hall–Kier alpha value is -3.15. The molecule has 6 nitrogen and oxygen atoms in total. The summed E-state index contributed by atoms with van der Waals surface area (Å²) >= 11 is 0. The van der Waals surface area contributed by atoms with Crippen LogP contribution in [-0.2, 0) is 16.0 Å². The molecule has 1 N–H and O–H groups in total. The van der Waals surface area contributed by atoms with Crippen molar-refractivity contribution >= 4 is 12.0 Å². The molecular weight excluding hydrogens is 318 g/mol. The molecule has 0 aliphatic rings. The number of aromatic nitrogens is 2. The lowest BCUT2D eigenvalue weighted by Crippen LogP contribution is -2.33. The van der Waals surface area contributed by atoms with Gasteiger partial charge in [-0.15, -0.1) is 5.10 Å². The van der Waals surface area contributed by atoms with Crippen LogP contribution in [0.3, 0.4) is 0 Å². The van der Waals surface area contributed by atoms with Crippen molar-refractivity contribution in [2.24, 2.45) is 0 Å².